The summed E-state index contributed by atoms with van der Waals surface area (Å²) in [6.45, 7) is 2.94. The Labute approximate surface area is 122 Å². The normalized spacial score (nSPS) is 15.0. The molecule has 2 unspecified atom stereocenters. The van der Waals surface area contributed by atoms with Gasteiger partial charge in [0.05, 0.1) is 11.7 Å². The molecule has 0 bridgehead atoms. The van der Waals surface area contributed by atoms with Crippen molar-refractivity contribution in [2.45, 2.75) is 32.0 Å². The highest BCUT2D eigenvalue weighted by atomic mass is 19.4. The Hall–Kier alpha value is -1.11. The second-order valence-corrected chi connectivity index (χ2v) is 5.27. The summed E-state index contributed by atoms with van der Waals surface area (Å²) in [6, 6.07) is 4.74. The van der Waals surface area contributed by atoms with Crippen LogP contribution in [0.5, 0.6) is 0 Å². The molecule has 1 aromatic carbocycles. The van der Waals surface area contributed by atoms with E-state index in [1.807, 2.05) is 6.92 Å². The fraction of sp³-hybridized carbons (Fsp3) is 0.600. The number of hydrogen-bond donors (Lipinski definition) is 3. The van der Waals surface area contributed by atoms with Crippen LogP contribution in [-0.4, -0.2) is 29.9 Å². The molecule has 120 valence electrons. The van der Waals surface area contributed by atoms with Crippen LogP contribution in [0.1, 0.15) is 37.0 Å². The zero-order chi connectivity index (χ0) is 15.9. The Kier molecular flexibility index (Phi) is 7.14. The van der Waals surface area contributed by atoms with Gasteiger partial charge in [-0.3, -0.25) is 0 Å². The van der Waals surface area contributed by atoms with E-state index in [4.69, 9.17) is 5.11 Å². The van der Waals surface area contributed by atoms with Crippen molar-refractivity contribution in [1.29, 1.82) is 0 Å². The lowest BCUT2D eigenvalue weighted by molar-refractivity contribution is -0.137. The molecule has 3 nitrogen and oxygen atoms in total. The van der Waals surface area contributed by atoms with Gasteiger partial charge in [-0.15, -0.1) is 0 Å². The molecule has 1 rings (SSSR count). The van der Waals surface area contributed by atoms with Gasteiger partial charge in [-0.2, -0.15) is 13.2 Å². The van der Waals surface area contributed by atoms with Crippen molar-refractivity contribution in [3.63, 3.8) is 0 Å². The van der Waals surface area contributed by atoms with E-state index >= 15 is 0 Å². The fourth-order valence-corrected chi connectivity index (χ4v) is 1.95. The average molecular weight is 305 g/mol. The predicted molar refractivity (Wildman–Crippen MR) is 74.8 cm³/mol. The van der Waals surface area contributed by atoms with Crippen molar-refractivity contribution in [1.82, 2.24) is 5.32 Å². The number of nitrogens with one attached hydrogen (secondary N) is 1. The Morgan fingerprint density at radius 1 is 1.29 bits per heavy atom. The van der Waals surface area contributed by atoms with Gasteiger partial charge in [0.25, 0.3) is 0 Å². The molecule has 0 fully saturated rings. The van der Waals surface area contributed by atoms with Crippen molar-refractivity contribution in [2.75, 3.05) is 19.7 Å². The first-order valence-electron chi connectivity index (χ1n) is 7.01. The quantitative estimate of drug-likeness (QED) is 0.647. The Morgan fingerprint density at radius 2 is 2.00 bits per heavy atom. The highest BCUT2D eigenvalue weighted by molar-refractivity contribution is 5.27. The smallest absolute Gasteiger partial charge is 0.396 e. The molecule has 0 saturated carbocycles. The largest absolute Gasteiger partial charge is 0.416 e. The molecule has 0 aliphatic carbocycles. The fourth-order valence-electron chi connectivity index (χ4n) is 1.95. The molecule has 0 heterocycles. The van der Waals surface area contributed by atoms with Crippen molar-refractivity contribution in [2.24, 2.45) is 5.92 Å². The van der Waals surface area contributed by atoms with Crippen LogP contribution in [0.15, 0.2) is 24.3 Å². The lowest BCUT2D eigenvalue weighted by Gasteiger charge is -2.15. The van der Waals surface area contributed by atoms with Gasteiger partial charge in [0.15, 0.2) is 0 Å². The SMILES string of the molecule is CC(CO)CCCNCC(O)c1cccc(C(F)(F)F)c1. The van der Waals surface area contributed by atoms with Gasteiger partial charge < -0.3 is 15.5 Å². The third kappa shape index (κ3) is 6.46. The Balaban J connectivity index is 2.40. The summed E-state index contributed by atoms with van der Waals surface area (Å²) in [6.07, 6.45) is -3.66. The van der Waals surface area contributed by atoms with Crippen LogP contribution in [-0.2, 0) is 6.18 Å². The number of benzene rings is 1. The molecular formula is C15H22F3NO2. The van der Waals surface area contributed by atoms with E-state index in [0.717, 1.165) is 25.0 Å². The summed E-state index contributed by atoms with van der Waals surface area (Å²) in [4.78, 5) is 0. The van der Waals surface area contributed by atoms with Crippen molar-refractivity contribution < 1.29 is 23.4 Å². The molecule has 0 aromatic heterocycles. The van der Waals surface area contributed by atoms with E-state index in [1.54, 1.807) is 0 Å². The standard InChI is InChI=1S/C15H22F3NO2/c1-11(10-20)4-3-7-19-9-14(21)12-5-2-6-13(8-12)15(16,17)18/h2,5-6,8,11,14,19-21H,3-4,7,9-10H2,1H3. The first-order chi connectivity index (χ1) is 9.84. The van der Waals surface area contributed by atoms with E-state index in [1.165, 1.54) is 12.1 Å². The van der Waals surface area contributed by atoms with Gasteiger partial charge in [-0.25, -0.2) is 0 Å². The van der Waals surface area contributed by atoms with Crippen LogP contribution in [0.25, 0.3) is 0 Å². The van der Waals surface area contributed by atoms with Gasteiger partial charge in [0.2, 0.25) is 0 Å². The molecule has 0 saturated heterocycles. The summed E-state index contributed by atoms with van der Waals surface area (Å²) < 4.78 is 37.7. The minimum Gasteiger partial charge on any atom is -0.396 e. The highest BCUT2D eigenvalue weighted by Crippen LogP contribution is 2.30. The lowest BCUT2D eigenvalue weighted by Crippen LogP contribution is -2.23. The van der Waals surface area contributed by atoms with Crippen LogP contribution >= 0.6 is 0 Å². The van der Waals surface area contributed by atoms with Gasteiger partial charge >= 0.3 is 6.18 Å². The molecular weight excluding hydrogens is 283 g/mol. The molecule has 0 aliphatic heterocycles. The maximum Gasteiger partial charge on any atom is 0.416 e. The summed E-state index contributed by atoms with van der Waals surface area (Å²) in [5.74, 6) is 0.236. The van der Waals surface area contributed by atoms with Gasteiger partial charge in [0.1, 0.15) is 0 Å². The number of halogens is 3. The number of aliphatic hydroxyl groups is 2. The lowest BCUT2D eigenvalue weighted by atomic mass is 10.1. The molecule has 1 aromatic rings. The molecule has 0 aliphatic rings. The summed E-state index contributed by atoms with van der Waals surface area (Å²) in [7, 11) is 0. The summed E-state index contributed by atoms with van der Waals surface area (Å²) in [5, 5.41) is 21.8. The highest BCUT2D eigenvalue weighted by Gasteiger charge is 2.30. The van der Waals surface area contributed by atoms with Crippen LogP contribution in [0.3, 0.4) is 0 Å². The van der Waals surface area contributed by atoms with Crippen molar-refractivity contribution >= 4 is 0 Å². The number of rotatable bonds is 8. The molecule has 6 heteroatoms. The maximum absolute atomic E-state index is 12.6. The molecule has 21 heavy (non-hydrogen) atoms. The molecule has 3 N–H and O–H groups in total. The van der Waals surface area contributed by atoms with Gasteiger partial charge in [-0.05, 0) is 43.0 Å². The first kappa shape index (κ1) is 17.9. The monoisotopic (exact) mass is 305 g/mol. The Morgan fingerprint density at radius 3 is 2.62 bits per heavy atom. The third-order valence-electron chi connectivity index (χ3n) is 3.30. The van der Waals surface area contributed by atoms with Gasteiger partial charge in [-0.1, -0.05) is 19.1 Å². The van der Waals surface area contributed by atoms with Gasteiger partial charge in [0, 0.05) is 13.2 Å². The van der Waals surface area contributed by atoms with E-state index in [-0.39, 0.29) is 24.6 Å². The minimum absolute atomic E-state index is 0.146. The summed E-state index contributed by atoms with van der Waals surface area (Å²) in [5.41, 5.74) is -0.503. The van der Waals surface area contributed by atoms with E-state index < -0.39 is 17.8 Å². The number of hydrogen-bond acceptors (Lipinski definition) is 3. The molecule has 0 radical (unpaired) electrons. The van der Waals surface area contributed by atoms with E-state index in [0.29, 0.717) is 6.54 Å². The minimum atomic E-state index is -4.40. The van der Waals surface area contributed by atoms with Crippen LogP contribution < -0.4 is 5.32 Å². The van der Waals surface area contributed by atoms with E-state index in [2.05, 4.69) is 5.32 Å². The first-order valence-corrected chi connectivity index (χ1v) is 7.01. The second kappa shape index (κ2) is 8.36. The predicted octanol–water partition coefficient (Wildman–Crippen LogP) is 2.74. The molecule has 0 spiro atoms. The number of alkyl halides is 3. The van der Waals surface area contributed by atoms with Crippen LogP contribution in [0.2, 0.25) is 0 Å². The zero-order valence-electron chi connectivity index (χ0n) is 12.0. The molecule has 2 atom stereocenters. The topological polar surface area (TPSA) is 52.5 Å². The molecule has 0 amide bonds. The van der Waals surface area contributed by atoms with Crippen molar-refractivity contribution in [3.05, 3.63) is 35.4 Å². The maximum atomic E-state index is 12.6. The average Bonchev–Trinajstić information content (AvgIpc) is 2.45. The van der Waals surface area contributed by atoms with Crippen LogP contribution in [0, 0.1) is 5.92 Å². The van der Waals surface area contributed by atoms with Crippen LogP contribution in [0.4, 0.5) is 13.2 Å². The third-order valence-corrected chi connectivity index (χ3v) is 3.30. The van der Waals surface area contributed by atoms with E-state index in [9.17, 15) is 18.3 Å². The number of aliphatic hydroxyl groups excluding tert-OH is 2. The summed E-state index contributed by atoms with van der Waals surface area (Å²) >= 11 is 0. The Bertz CT molecular complexity index is 424. The zero-order valence-corrected chi connectivity index (χ0v) is 12.0. The second-order valence-electron chi connectivity index (χ2n) is 5.27. The van der Waals surface area contributed by atoms with Crippen molar-refractivity contribution in [3.8, 4) is 0 Å².